The summed E-state index contributed by atoms with van der Waals surface area (Å²) in [6, 6.07) is 17.1. The molecule has 0 bridgehead atoms. The molecule has 0 atom stereocenters. The molecule has 2 N–H and O–H groups in total. The lowest BCUT2D eigenvalue weighted by Crippen LogP contribution is -2.32. The second-order valence-corrected chi connectivity index (χ2v) is 8.02. The fourth-order valence-electron chi connectivity index (χ4n) is 4.28. The van der Waals surface area contributed by atoms with Crippen LogP contribution in [0.3, 0.4) is 0 Å². The Balaban J connectivity index is 1.39. The lowest BCUT2D eigenvalue weighted by Gasteiger charge is -2.16. The molecule has 0 aliphatic carbocycles. The number of carbonyl (C=O) groups is 1. The van der Waals surface area contributed by atoms with Gasteiger partial charge in [-0.1, -0.05) is 36.4 Å². The maximum Gasteiger partial charge on any atom is 0.274 e. The van der Waals surface area contributed by atoms with Crippen LogP contribution >= 0.6 is 0 Å². The van der Waals surface area contributed by atoms with E-state index in [0.29, 0.717) is 23.3 Å². The summed E-state index contributed by atoms with van der Waals surface area (Å²) >= 11 is 0. The van der Waals surface area contributed by atoms with Crippen molar-refractivity contribution in [1.29, 1.82) is 0 Å². The highest BCUT2D eigenvalue weighted by Gasteiger charge is 2.15. The van der Waals surface area contributed by atoms with Crippen LogP contribution in [0.5, 0.6) is 0 Å². The monoisotopic (exact) mass is 415 g/mol. The van der Waals surface area contributed by atoms with Gasteiger partial charge in [-0.15, -0.1) is 0 Å². The predicted molar refractivity (Wildman–Crippen MR) is 121 cm³/mol. The highest BCUT2D eigenvalue weighted by atomic mass is 16.2. The number of rotatable bonds is 6. The van der Waals surface area contributed by atoms with Gasteiger partial charge in [0.1, 0.15) is 5.69 Å². The van der Waals surface area contributed by atoms with Crippen molar-refractivity contribution in [3.63, 3.8) is 0 Å². The third kappa shape index (κ3) is 3.96. The summed E-state index contributed by atoms with van der Waals surface area (Å²) in [6.45, 7) is 3.77. The summed E-state index contributed by atoms with van der Waals surface area (Å²) in [5, 5.41) is 9.98. The molecule has 1 amide bonds. The number of H-pyrrole nitrogens is 1. The Bertz CT molecular complexity index is 1270. The molecule has 2 aromatic heterocycles. The van der Waals surface area contributed by atoms with Crippen molar-refractivity contribution < 1.29 is 4.79 Å². The Labute approximate surface area is 179 Å². The van der Waals surface area contributed by atoms with Gasteiger partial charge in [-0.25, -0.2) is 4.68 Å². The lowest BCUT2D eigenvalue weighted by molar-refractivity contribution is 0.0946. The first-order chi connectivity index (χ1) is 15.2. The zero-order valence-corrected chi connectivity index (χ0v) is 17.3. The van der Waals surface area contributed by atoms with E-state index in [-0.39, 0.29) is 18.0 Å². The summed E-state index contributed by atoms with van der Waals surface area (Å²) in [5.74, 6) is -0.197. The van der Waals surface area contributed by atoms with Crippen LogP contribution in [0.15, 0.2) is 59.4 Å². The number of aromatic nitrogens is 3. The van der Waals surface area contributed by atoms with Crippen LogP contribution in [-0.4, -0.2) is 45.2 Å². The summed E-state index contributed by atoms with van der Waals surface area (Å²) in [5.41, 5.74) is 2.04. The summed E-state index contributed by atoms with van der Waals surface area (Å²) < 4.78 is 1.55. The smallest absolute Gasteiger partial charge is 0.274 e. The molecule has 7 nitrogen and oxygen atoms in total. The van der Waals surface area contributed by atoms with Crippen molar-refractivity contribution in [2.24, 2.45) is 0 Å². The molecule has 4 aromatic rings. The number of nitrogens with zero attached hydrogens (tertiary/aromatic N) is 3. The SMILES string of the molecule is O=C(NCc1nn(CCN2CCCC2)c(=O)c2ccccc12)c1cc2ccccc2[nH]1. The maximum atomic E-state index is 12.9. The third-order valence-electron chi connectivity index (χ3n) is 5.96. The number of hydrogen-bond acceptors (Lipinski definition) is 4. The molecule has 0 saturated carbocycles. The van der Waals surface area contributed by atoms with E-state index in [1.54, 1.807) is 4.68 Å². The summed E-state index contributed by atoms with van der Waals surface area (Å²) in [7, 11) is 0. The maximum absolute atomic E-state index is 12.9. The molecular formula is C24H25N5O2. The van der Waals surface area contributed by atoms with Crippen LogP contribution < -0.4 is 10.9 Å². The normalized spacial score (nSPS) is 14.5. The van der Waals surface area contributed by atoms with Gasteiger partial charge >= 0.3 is 0 Å². The largest absolute Gasteiger partial charge is 0.351 e. The molecule has 0 spiro atoms. The number of likely N-dealkylation sites (tertiary alicyclic amines) is 1. The van der Waals surface area contributed by atoms with Gasteiger partial charge in [-0.05, 0) is 44.1 Å². The number of amides is 1. The Morgan fingerprint density at radius 1 is 1.00 bits per heavy atom. The average Bonchev–Trinajstić information content (AvgIpc) is 3.47. The standard InChI is InChI=1S/C24H25N5O2/c30-23(21-15-17-7-1-4-10-20(17)26-21)25-16-22-18-8-2-3-9-19(18)24(31)29(27-22)14-13-28-11-5-6-12-28/h1-4,7-10,15,26H,5-6,11-14,16H2,(H,25,30). The molecule has 5 rings (SSSR count). The van der Waals surface area contributed by atoms with E-state index in [1.165, 1.54) is 12.8 Å². The summed E-state index contributed by atoms with van der Waals surface area (Å²) in [4.78, 5) is 31.2. The molecule has 3 heterocycles. The second-order valence-electron chi connectivity index (χ2n) is 8.02. The van der Waals surface area contributed by atoms with Crippen LogP contribution in [0.2, 0.25) is 0 Å². The number of carbonyl (C=O) groups excluding carboxylic acids is 1. The predicted octanol–water partition coefficient (Wildman–Crippen LogP) is 2.90. The molecule has 0 radical (unpaired) electrons. The van der Waals surface area contributed by atoms with E-state index in [2.05, 4.69) is 20.3 Å². The van der Waals surface area contributed by atoms with Gasteiger partial charge in [0.25, 0.3) is 11.5 Å². The van der Waals surface area contributed by atoms with E-state index in [4.69, 9.17) is 0 Å². The van der Waals surface area contributed by atoms with Crippen LogP contribution in [0.25, 0.3) is 21.7 Å². The second kappa shape index (κ2) is 8.35. The van der Waals surface area contributed by atoms with Crippen molar-refractivity contribution >= 4 is 27.6 Å². The van der Waals surface area contributed by atoms with Crippen molar-refractivity contribution in [2.75, 3.05) is 19.6 Å². The van der Waals surface area contributed by atoms with Gasteiger partial charge in [0.2, 0.25) is 0 Å². The van der Waals surface area contributed by atoms with Gasteiger partial charge < -0.3 is 15.2 Å². The number of nitrogens with one attached hydrogen (secondary N) is 2. The van der Waals surface area contributed by atoms with Gasteiger partial charge in [-0.3, -0.25) is 9.59 Å². The highest BCUT2D eigenvalue weighted by molar-refractivity contribution is 5.98. The zero-order chi connectivity index (χ0) is 21.2. The minimum atomic E-state index is -0.197. The number of aromatic amines is 1. The number of hydrogen-bond donors (Lipinski definition) is 2. The molecule has 7 heteroatoms. The average molecular weight is 415 g/mol. The van der Waals surface area contributed by atoms with Crippen molar-refractivity contribution in [3.05, 3.63) is 76.3 Å². The van der Waals surface area contributed by atoms with Gasteiger partial charge in [0, 0.05) is 22.8 Å². The molecule has 0 unspecified atom stereocenters. The van der Waals surface area contributed by atoms with Crippen molar-refractivity contribution in [2.45, 2.75) is 25.9 Å². The minimum Gasteiger partial charge on any atom is -0.351 e. The number of fused-ring (bicyclic) bond motifs is 2. The van der Waals surface area contributed by atoms with E-state index in [9.17, 15) is 9.59 Å². The first-order valence-corrected chi connectivity index (χ1v) is 10.8. The Morgan fingerprint density at radius 3 is 2.55 bits per heavy atom. The minimum absolute atomic E-state index is 0.0829. The molecule has 1 saturated heterocycles. The van der Waals surface area contributed by atoms with E-state index < -0.39 is 0 Å². The van der Waals surface area contributed by atoms with E-state index >= 15 is 0 Å². The Morgan fingerprint density at radius 2 is 1.74 bits per heavy atom. The first kappa shape index (κ1) is 19.5. The van der Waals surface area contributed by atoms with Gasteiger partial charge in [-0.2, -0.15) is 5.10 Å². The van der Waals surface area contributed by atoms with Gasteiger partial charge in [0.05, 0.1) is 24.2 Å². The molecule has 31 heavy (non-hydrogen) atoms. The molecule has 158 valence electrons. The van der Waals surface area contributed by atoms with Crippen LogP contribution in [0, 0.1) is 0 Å². The van der Waals surface area contributed by atoms with Crippen molar-refractivity contribution in [1.82, 2.24) is 25.0 Å². The third-order valence-corrected chi connectivity index (χ3v) is 5.96. The summed E-state index contributed by atoms with van der Waals surface area (Å²) in [6.07, 6.45) is 2.43. The lowest BCUT2D eigenvalue weighted by atomic mass is 10.1. The molecule has 1 fully saturated rings. The van der Waals surface area contributed by atoms with E-state index in [1.807, 2.05) is 54.6 Å². The molecule has 2 aromatic carbocycles. The fraction of sp³-hybridized carbons (Fsp3) is 0.292. The van der Waals surface area contributed by atoms with Gasteiger partial charge in [0.15, 0.2) is 0 Å². The topological polar surface area (TPSA) is 83.0 Å². The first-order valence-electron chi connectivity index (χ1n) is 10.8. The van der Waals surface area contributed by atoms with E-state index in [0.717, 1.165) is 35.9 Å². The quantitative estimate of drug-likeness (QED) is 0.507. The number of benzene rings is 2. The molecule has 1 aliphatic rings. The molecule has 1 aliphatic heterocycles. The Kier molecular flexibility index (Phi) is 5.26. The van der Waals surface area contributed by atoms with Crippen LogP contribution in [-0.2, 0) is 13.1 Å². The van der Waals surface area contributed by atoms with Crippen molar-refractivity contribution in [3.8, 4) is 0 Å². The Hall–Kier alpha value is -3.45. The zero-order valence-electron chi connectivity index (χ0n) is 17.3. The van der Waals surface area contributed by atoms with Crippen LogP contribution in [0.4, 0.5) is 0 Å². The molecular weight excluding hydrogens is 390 g/mol. The number of para-hydroxylation sites is 1. The van der Waals surface area contributed by atoms with Crippen LogP contribution in [0.1, 0.15) is 29.0 Å². The fourth-order valence-corrected chi connectivity index (χ4v) is 4.28. The highest BCUT2D eigenvalue weighted by Crippen LogP contribution is 2.16.